The minimum atomic E-state index is -0.137. The number of nitrogens with zero attached hydrogens (tertiary/aromatic N) is 1. The summed E-state index contributed by atoms with van der Waals surface area (Å²) < 4.78 is 15.8. The summed E-state index contributed by atoms with van der Waals surface area (Å²) in [6.07, 6.45) is 3.80. The topological polar surface area (TPSA) is 68.2 Å². The summed E-state index contributed by atoms with van der Waals surface area (Å²) in [6, 6.07) is 13.0. The van der Waals surface area contributed by atoms with Crippen LogP contribution < -0.4 is 14.2 Å². The molecule has 2 rings (SSSR count). The van der Waals surface area contributed by atoms with E-state index in [1.54, 1.807) is 38.4 Å². The van der Waals surface area contributed by atoms with Crippen molar-refractivity contribution < 1.29 is 24.1 Å². The molecule has 0 saturated carbocycles. The fraction of sp³-hybridized carbons (Fsp3) is 0.318. The van der Waals surface area contributed by atoms with Crippen LogP contribution >= 0.6 is 0 Å². The smallest absolute Gasteiger partial charge is 0.246 e. The van der Waals surface area contributed by atoms with Crippen LogP contribution in [0.5, 0.6) is 17.2 Å². The van der Waals surface area contributed by atoms with Crippen molar-refractivity contribution in [3.8, 4) is 17.2 Å². The second-order valence-corrected chi connectivity index (χ2v) is 6.12. The fourth-order valence-electron chi connectivity index (χ4n) is 2.70. The number of carbonyl (C=O) groups is 1. The van der Waals surface area contributed by atoms with Crippen molar-refractivity contribution in [3.05, 3.63) is 59.7 Å². The second-order valence-electron chi connectivity index (χ2n) is 6.12. The molecule has 0 saturated heterocycles. The molecule has 0 atom stereocenters. The molecular formula is C22H27NO5. The SMILES string of the molecule is COc1ccc(/C=C/C(=O)N(CCCO)Cc2ccc(OC)cc2OC)cc1. The fourth-order valence-corrected chi connectivity index (χ4v) is 2.70. The van der Waals surface area contributed by atoms with E-state index in [9.17, 15) is 9.90 Å². The number of aliphatic hydroxyl groups is 1. The van der Waals surface area contributed by atoms with Gasteiger partial charge in [-0.15, -0.1) is 0 Å². The van der Waals surface area contributed by atoms with Crippen LogP contribution in [0.1, 0.15) is 17.5 Å². The Balaban J connectivity index is 2.15. The first-order valence-corrected chi connectivity index (χ1v) is 9.04. The molecule has 0 aliphatic heterocycles. The summed E-state index contributed by atoms with van der Waals surface area (Å²) in [7, 11) is 4.79. The highest BCUT2D eigenvalue weighted by atomic mass is 16.5. The van der Waals surface area contributed by atoms with Gasteiger partial charge in [-0.25, -0.2) is 0 Å². The van der Waals surface area contributed by atoms with Crippen molar-refractivity contribution in [2.75, 3.05) is 34.5 Å². The maximum absolute atomic E-state index is 12.7. The van der Waals surface area contributed by atoms with E-state index in [0.29, 0.717) is 31.0 Å². The highest BCUT2D eigenvalue weighted by Gasteiger charge is 2.14. The lowest BCUT2D eigenvalue weighted by Gasteiger charge is -2.22. The van der Waals surface area contributed by atoms with Crippen molar-refractivity contribution in [1.82, 2.24) is 4.90 Å². The molecule has 2 aromatic rings. The van der Waals surface area contributed by atoms with Crippen LogP contribution in [0, 0.1) is 0 Å². The number of benzene rings is 2. The Hall–Kier alpha value is -2.99. The van der Waals surface area contributed by atoms with Gasteiger partial charge in [-0.1, -0.05) is 12.1 Å². The third-order valence-electron chi connectivity index (χ3n) is 4.29. The summed E-state index contributed by atoms with van der Waals surface area (Å²) in [5, 5.41) is 9.18. The standard InChI is InChI=1S/C22H27NO5/c1-26-19-9-5-17(6-10-19)7-12-22(25)23(13-4-14-24)16-18-8-11-20(27-2)15-21(18)28-3/h5-12,15,24H,4,13-14,16H2,1-3H3/b12-7+. The number of ether oxygens (including phenoxy) is 3. The van der Waals surface area contributed by atoms with Gasteiger partial charge in [0.2, 0.25) is 5.91 Å². The Morgan fingerprint density at radius 1 is 1.00 bits per heavy atom. The summed E-state index contributed by atoms with van der Waals surface area (Å²) in [4.78, 5) is 14.4. The summed E-state index contributed by atoms with van der Waals surface area (Å²) in [5.41, 5.74) is 1.77. The molecule has 0 aromatic heterocycles. The van der Waals surface area contributed by atoms with E-state index in [4.69, 9.17) is 14.2 Å². The molecule has 0 aliphatic carbocycles. The maximum Gasteiger partial charge on any atom is 0.246 e. The molecule has 0 bridgehead atoms. The Labute approximate surface area is 166 Å². The van der Waals surface area contributed by atoms with Crippen molar-refractivity contribution in [2.24, 2.45) is 0 Å². The molecule has 1 N–H and O–H groups in total. The van der Waals surface area contributed by atoms with E-state index in [-0.39, 0.29) is 12.5 Å². The Bertz CT molecular complexity index is 786. The zero-order valence-corrected chi connectivity index (χ0v) is 16.6. The second kappa shape index (κ2) is 11.0. The quantitative estimate of drug-likeness (QED) is 0.637. The van der Waals surface area contributed by atoms with Gasteiger partial charge in [0, 0.05) is 37.4 Å². The van der Waals surface area contributed by atoms with Gasteiger partial charge in [-0.05, 0) is 42.3 Å². The van der Waals surface area contributed by atoms with E-state index < -0.39 is 0 Å². The van der Waals surface area contributed by atoms with Crippen LogP contribution in [-0.4, -0.2) is 50.4 Å². The van der Waals surface area contributed by atoms with E-state index in [1.807, 2.05) is 36.4 Å². The zero-order valence-electron chi connectivity index (χ0n) is 16.6. The van der Waals surface area contributed by atoms with E-state index in [0.717, 1.165) is 16.9 Å². The largest absolute Gasteiger partial charge is 0.497 e. The molecule has 0 heterocycles. The maximum atomic E-state index is 12.7. The number of hydrogen-bond acceptors (Lipinski definition) is 5. The van der Waals surface area contributed by atoms with Gasteiger partial charge >= 0.3 is 0 Å². The van der Waals surface area contributed by atoms with E-state index >= 15 is 0 Å². The van der Waals surface area contributed by atoms with Crippen molar-refractivity contribution in [3.63, 3.8) is 0 Å². The van der Waals surface area contributed by atoms with E-state index in [2.05, 4.69) is 0 Å². The Morgan fingerprint density at radius 2 is 1.68 bits per heavy atom. The molecule has 150 valence electrons. The first-order valence-electron chi connectivity index (χ1n) is 9.04. The van der Waals surface area contributed by atoms with Gasteiger partial charge < -0.3 is 24.2 Å². The molecule has 0 radical (unpaired) electrons. The predicted molar refractivity (Wildman–Crippen MR) is 109 cm³/mol. The molecule has 0 fully saturated rings. The van der Waals surface area contributed by atoms with E-state index in [1.165, 1.54) is 6.08 Å². The van der Waals surface area contributed by atoms with Gasteiger partial charge in [0.05, 0.1) is 21.3 Å². The third-order valence-corrected chi connectivity index (χ3v) is 4.29. The van der Waals surface area contributed by atoms with Crippen LogP contribution in [0.4, 0.5) is 0 Å². The number of methoxy groups -OCH3 is 3. The molecule has 6 heteroatoms. The monoisotopic (exact) mass is 385 g/mol. The summed E-state index contributed by atoms with van der Waals surface area (Å²) in [6.45, 7) is 0.835. The first kappa shape index (κ1) is 21.3. The molecule has 2 aromatic carbocycles. The molecule has 6 nitrogen and oxygen atoms in total. The normalized spacial score (nSPS) is 10.7. The Kier molecular flexibility index (Phi) is 8.37. The average molecular weight is 385 g/mol. The molecule has 0 aliphatic rings. The number of carbonyl (C=O) groups excluding carboxylic acids is 1. The lowest BCUT2D eigenvalue weighted by atomic mass is 10.1. The number of rotatable bonds is 10. The summed E-state index contributed by atoms with van der Waals surface area (Å²) in [5.74, 6) is 1.97. The van der Waals surface area contributed by atoms with Crippen LogP contribution in [0.15, 0.2) is 48.5 Å². The van der Waals surface area contributed by atoms with Crippen molar-refractivity contribution in [2.45, 2.75) is 13.0 Å². The van der Waals surface area contributed by atoms with Gasteiger partial charge in [0.25, 0.3) is 0 Å². The third kappa shape index (κ3) is 6.03. The lowest BCUT2D eigenvalue weighted by molar-refractivity contribution is -0.126. The molecule has 0 unspecified atom stereocenters. The van der Waals surface area contributed by atoms with Gasteiger partial charge in [0.1, 0.15) is 17.2 Å². The number of aliphatic hydroxyl groups excluding tert-OH is 1. The van der Waals surface area contributed by atoms with Gasteiger partial charge in [-0.2, -0.15) is 0 Å². The van der Waals surface area contributed by atoms with Crippen LogP contribution in [0.2, 0.25) is 0 Å². The highest BCUT2D eigenvalue weighted by molar-refractivity contribution is 5.91. The summed E-state index contributed by atoms with van der Waals surface area (Å²) >= 11 is 0. The predicted octanol–water partition coefficient (Wildman–Crippen LogP) is 3.14. The molecule has 28 heavy (non-hydrogen) atoms. The average Bonchev–Trinajstić information content (AvgIpc) is 2.75. The lowest BCUT2D eigenvalue weighted by Crippen LogP contribution is -2.30. The zero-order chi connectivity index (χ0) is 20.4. The number of amides is 1. The van der Waals surface area contributed by atoms with Crippen molar-refractivity contribution in [1.29, 1.82) is 0 Å². The molecule has 0 spiro atoms. The van der Waals surface area contributed by atoms with Crippen LogP contribution in [0.25, 0.3) is 6.08 Å². The number of hydrogen-bond donors (Lipinski definition) is 1. The highest BCUT2D eigenvalue weighted by Crippen LogP contribution is 2.26. The molecular weight excluding hydrogens is 358 g/mol. The minimum absolute atomic E-state index is 0.0196. The van der Waals surface area contributed by atoms with Gasteiger partial charge in [0.15, 0.2) is 0 Å². The van der Waals surface area contributed by atoms with Crippen LogP contribution in [0.3, 0.4) is 0 Å². The van der Waals surface area contributed by atoms with Gasteiger partial charge in [-0.3, -0.25) is 4.79 Å². The Morgan fingerprint density at radius 3 is 2.29 bits per heavy atom. The van der Waals surface area contributed by atoms with Crippen molar-refractivity contribution >= 4 is 12.0 Å². The molecule has 1 amide bonds. The minimum Gasteiger partial charge on any atom is -0.497 e. The first-order chi connectivity index (χ1) is 13.6. The van der Waals surface area contributed by atoms with Crippen LogP contribution in [-0.2, 0) is 11.3 Å².